The highest BCUT2D eigenvalue weighted by Crippen LogP contribution is 2.28. The molecular weight excluding hydrogens is 198 g/mol. The van der Waals surface area contributed by atoms with Gasteiger partial charge in [-0.25, -0.2) is 0 Å². The quantitative estimate of drug-likeness (QED) is 0.768. The molecule has 0 bridgehead atoms. The lowest BCUT2D eigenvalue weighted by atomic mass is 9.92. The largest absolute Gasteiger partial charge is 0.329 e. The van der Waals surface area contributed by atoms with Gasteiger partial charge in [-0.1, -0.05) is 6.42 Å². The molecule has 0 saturated carbocycles. The Kier molecular flexibility index (Phi) is 3.57. The second-order valence-electron chi connectivity index (χ2n) is 6.16. The molecule has 0 aromatic carbocycles. The van der Waals surface area contributed by atoms with Gasteiger partial charge < -0.3 is 5.73 Å². The van der Waals surface area contributed by atoms with Gasteiger partial charge in [-0.3, -0.25) is 9.80 Å². The third kappa shape index (κ3) is 2.27. The van der Waals surface area contributed by atoms with E-state index in [-0.39, 0.29) is 5.54 Å². The van der Waals surface area contributed by atoms with Gasteiger partial charge in [0.05, 0.1) is 0 Å². The van der Waals surface area contributed by atoms with E-state index in [1.165, 1.54) is 38.9 Å². The molecule has 2 N–H and O–H groups in total. The minimum atomic E-state index is 0.156. The van der Waals surface area contributed by atoms with E-state index in [1.54, 1.807) is 0 Å². The van der Waals surface area contributed by atoms with Gasteiger partial charge in [0.15, 0.2) is 0 Å². The molecule has 2 aliphatic rings. The number of rotatable bonds is 2. The lowest BCUT2D eigenvalue weighted by molar-refractivity contribution is -0.0325. The van der Waals surface area contributed by atoms with Crippen molar-refractivity contribution in [2.24, 2.45) is 5.73 Å². The van der Waals surface area contributed by atoms with Crippen LogP contribution in [0.4, 0.5) is 0 Å². The summed E-state index contributed by atoms with van der Waals surface area (Å²) < 4.78 is 0. The Morgan fingerprint density at radius 2 is 2.00 bits per heavy atom. The van der Waals surface area contributed by atoms with Gasteiger partial charge in [-0.15, -0.1) is 0 Å². The van der Waals surface area contributed by atoms with Crippen LogP contribution >= 0.6 is 0 Å². The van der Waals surface area contributed by atoms with Crippen molar-refractivity contribution < 1.29 is 0 Å². The van der Waals surface area contributed by atoms with Gasteiger partial charge in [0.2, 0.25) is 0 Å². The Morgan fingerprint density at radius 1 is 1.25 bits per heavy atom. The molecule has 2 aliphatic heterocycles. The number of hydrogen-bond donors (Lipinski definition) is 1. The molecule has 3 heteroatoms. The predicted octanol–water partition coefficient (Wildman–Crippen LogP) is 1.28. The number of nitrogens with zero attached hydrogens (tertiary/aromatic N) is 2. The van der Waals surface area contributed by atoms with Gasteiger partial charge in [0.1, 0.15) is 0 Å². The van der Waals surface area contributed by atoms with Crippen molar-refractivity contribution >= 4 is 0 Å². The molecule has 2 heterocycles. The van der Waals surface area contributed by atoms with Crippen LogP contribution in [0.15, 0.2) is 0 Å². The highest BCUT2D eigenvalue weighted by atomic mass is 15.3. The summed E-state index contributed by atoms with van der Waals surface area (Å²) in [6.45, 7) is 11.4. The summed E-state index contributed by atoms with van der Waals surface area (Å²) in [5.74, 6) is 0. The van der Waals surface area contributed by atoms with E-state index >= 15 is 0 Å². The van der Waals surface area contributed by atoms with Crippen LogP contribution in [-0.4, -0.2) is 53.6 Å². The molecule has 0 aliphatic carbocycles. The fraction of sp³-hybridized carbons (Fsp3) is 1.00. The maximum absolute atomic E-state index is 5.91. The van der Waals surface area contributed by atoms with Crippen LogP contribution in [0.1, 0.15) is 40.0 Å². The van der Waals surface area contributed by atoms with Gasteiger partial charge in [0, 0.05) is 37.3 Å². The third-order valence-corrected chi connectivity index (χ3v) is 4.46. The molecule has 2 unspecified atom stereocenters. The van der Waals surface area contributed by atoms with Crippen LogP contribution in [0, 0.1) is 0 Å². The summed E-state index contributed by atoms with van der Waals surface area (Å²) >= 11 is 0. The van der Waals surface area contributed by atoms with E-state index in [0.717, 1.165) is 12.6 Å². The molecule has 2 rings (SSSR count). The van der Waals surface area contributed by atoms with Crippen LogP contribution in [0.3, 0.4) is 0 Å². The van der Waals surface area contributed by atoms with Crippen molar-refractivity contribution in [3.8, 4) is 0 Å². The molecule has 2 saturated heterocycles. The summed E-state index contributed by atoms with van der Waals surface area (Å²) in [6.07, 6.45) is 4.18. The zero-order valence-electron chi connectivity index (χ0n) is 11.1. The number of piperidine rings is 1. The maximum atomic E-state index is 5.91. The number of hydrogen-bond acceptors (Lipinski definition) is 3. The number of fused-ring (bicyclic) bond motifs is 1. The SMILES string of the molecule is CC1CN2CCCCC2CN1C(C)(C)CN. The topological polar surface area (TPSA) is 32.5 Å². The van der Waals surface area contributed by atoms with Crippen LogP contribution in [0.25, 0.3) is 0 Å². The second-order valence-corrected chi connectivity index (χ2v) is 6.16. The molecule has 94 valence electrons. The van der Waals surface area contributed by atoms with Crippen LogP contribution < -0.4 is 5.73 Å². The fourth-order valence-corrected chi connectivity index (χ4v) is 3.31. The number of piperazine rings is 1. The van der Waals surface area contributed by atoms with E-state index in [1.807, 2.05) is 0 Å². The molecule has 0 radical (unpaired) electrons. The Labute approximate surface area is 100.0 Å². The normalized spacial score (nSPS) is 33.8. The molecule has 3 nitrogen and oxygen atoms in total. The third-order valence-electron chi connectivity index (χ3n) is 4.46. The maximum Gasteiger partial charge on any atom is 0.0279 e. The second kappa shape index (κ2) is 4.63. The first-order valence-electron chi connectivity index (χ1n) is 6.75. The van der Waals surface area contributed by atoms with E-state index in [0.29, 0.717) is 6.04 Å². The van der Waals surface area contributed by atoms with Gasteiger partial charge >= 0.3 is 0 Å². The Balaban J connectivity index is 2.06. The molecule has 16 heavy (non-hydrogen) atoms. The van der Waals surface area contributed by atoms with Crippen LogP contribution in [0.2, 0.25) is 0 Å². The molecule has 2 fully saturated rings. The Bertz CT molecular complexity index is 239. The highest BCUT2D eigenvalue weighted by molar-refractivity contribution is 4.95. The number of nitrogens with two attached hydrogens (primary N) is 1. The summed E-state index contributed by atoms with van der Waals surface area (Å²) in [5, 5.41) is 0. The minimum Gasteiger partial charge on any atom is -0.329 e. The predicted molar refractivity (Wildman–Crippen MR) is 68.5 cm³/mol. The fourth-order valence-electron chi connectivity index (χ4n) is 3.31. The van der Waals surface area contributed by atoms with Gasteiger partial charge in [0.25, 0.3) is 0 Å². The van der Waals surface area contributed by atoms with E-state index in [2.05, 4.69) is 30.6 Å². The highest BCUT2D eigenvalue weighted by Gasteiger charge is 2.38. The molecule has 0 aromatic rings. The van der Waals surface area contributed by atoms with Crippen molar-refractivity contribution in [2.75, 3.05) is 26.2 Å². The Morgan fingerprint density at radius 3 is 2.69 bits per heavy atom. The molecule has 0 spiro atoms. The minimum absolute atomic E-state index is 0.156. The van der Waals surface area contributed by atoms with Crippen molar-refractivity contribution in [1.82, 2.24) is 9.80 Å². The molecule has 0 aromatic heterocycles. The molecule has 0 amide bonds. The zero-order valence-corrected chi connectivity index (χ0v) is 11.1. The van der Waals surface area contributed by atoms with Crippen molar-refractivity contribution in [1.29, 1.82) is 0 Å². The van der Waals surface area contributed by atoms with Gasteiger partial charge in [-0.2, -0.15) is 0 Å². The lowest BCUT2D eigenvalue weighted by Gasteiger charge is -2.52. The van der Waals surface area contributed by atoms with E-state index < -0.39 is 0 Å². The first-order chi connectivity index (χ1) is 7.54. The average Bonchev–Trinajstić information content (AvgIpc) is 2.28. The zero-order chi connectivity index (χ0) is 11.8. The standard InChI is InChI=1S/C13H27N3/c1-11-8-15-7-5-4-6-12(15)9-16(11)13(2,3)10-14/h11-12H,4-10,14H2,1-3H3. The smallest absolute Gasteiger partial charge is 0.0279 e. The monoisotopic (exact) mass is 225 g/mol. The first kappa shape index (κ1) is 12.3. The lowest BCUT2D eigenvalue weighted by Crippen LogP contribution is -2.65. The molecular formula is C13H27N3. The Hall–Kier alpha value is -0.120. The average molecular weight is 225 g/mol. The summed E-state index contributed by atoms with van der Waals surface area (Å²) in [4.78, 5) is 5.32. The van der Waals surface area contributed by atoms with E-state index in [9.17, 15) is 0 Å². The van der Waals surface area contributed by atoms with Crippen molar-refractivity contribution in [2.45, 2.75) is 57.7 Å². The summed E-state index contributed by atoms with van der Waals surface area (Å²) in [6, 6.07) is 1.43. The summed E-state index contributed by atoms with van der Waals surface area (Å²) in [5.41, 5.74) is 6.07. The first-order valence-corrected chi connectivity index (χ1v) is 6.75. The van der Waals surface area contributed by atoms with Gasteiger partial charge in [-0.05, 0) is 40.2 Å². The van der Waals surface area contributed by atoms with Crippen LogP contribution in [0.5, 0.6) is 0 Å². The van der Waals surface area contributed by atoms with Crippen LogP contribution in [-0.2, 0) is 0 Å². The van der Waals surface area contributed by atoms with Crippen molar-refractivity contribution in [3.05, 3.63) is 0 Å². The van der Waals surface area contributed by atoms with Crippen molar-refractivity contribution in [3.63, 3.8) is 0 Å². The van der Waals surface area contributed by atoms with E-state index in [4.69, 9.17) is 5.73 Å². The molecule has 2 atom stereocenters. The summed E-state index contributed by atoms with van der Waals surface area (Å²) in [7, 11) is 0.